The summed E-state index contributed by atoms with van der Waals surface area (Å²) in [5.74, 6) is 1.66. The summed E-state index contributed by atoms with van der Waals surface area (Å²) in [4.78, 5) is 4.35. The number of benzene rings is 1. The minimum absolute atomic E-state index is 0.299. The third-order valence-corrected chi connectivity index (χ3v) is 3.72. The van der Waals surface area contributed by atoms with E-state index in [1.54, 1.807) is 7.11 Å². The van der Waals surface area contributed by atoms with E-state index in [9.17, 15) is 5.11 Å². The third-order valence-electron chi connectivity index (χ3n) is 3.72. The van der Waals surface area contributed by atoms with Gasteiger partial charge in [0.25, 0.3) is 5.89 Å². The van der Waals surface area contributed by atoms with Gasteiger partial charge in [-0.3, -0.25) is 0 Å². The Bertz CT molecular complexity index is 606. The van der Waals surface area contributed by atoms with Crippen LogP contribution in [0.1, 0.15) is 30.1 Å². The summed E-state index contributed by atoms with van der Waals surface area (Å²) in [6.45, 7) is 1.36. The molecule has 0 spiro atoms. The molecule has 1 unspecified atom stereocenters. The summed E-state index contributed by atoms with van der Waals surface area (Å²) >= 11 is 0. The first-order valence-electron chi connectivity index (χ1n) is 7.09. The van der Waals surface area contributed by atoms with Crippen LogP contribution in [0.5, 0.6) is 5.75 Å². The van der Waals surface area contributed by atoms with Gasteiger partial charge in [-0.05, 0) is 37.1 Å². The Morgan fingerprint density at radius 3 is 3.14 bits per heavy atom. The average molecular weight is 289 g/mol. The first kappa shape index (κ1) is 14.0. The lowest BCUT2D eigenvalue weighted by atomic mass is 9.94. The molecular formula is C15H19N3O3. The van der Waals surface area contributed by atoms with Gasteiger partial charge in [0.15, 0.2) is 11.4 Å². The lowest BCUT2D eigenvalue weighted by Crippen LogP contribution is -2.43. The summed E-state index contributed by atoms with van der Waals surface area (Å²) < 4.78 is 10.4. The van der Waals surface area contributed by atoms with Crippen LogP contribution in [0.2, 0.25) is 0 Å². The molecule has 0 bridgehead atoms. The Labute approximate surface area is 123 Å². The van der Waals surface area contributed by atoms with Gasteiger partial charge < -0.3 is 19.7 Å². The van der Waals surface area contributed by atoms with Gasteiger partial charge in [-0.15, -0.1) is 0 Å². The van der Waals surface area contributed by atoms with Crippen LogP contribution >= 0.6 is 0 Å². The highest BCUT2D eigenvalue weighted by molar-refractivity contribution is 5.30. The molecule has 1 aliphatic rings. The smallest absolute Gasteiger partial charge is 0.259 e. The molecule has 1 saturated heterocycles. The molecule has 0 aliphatic carbocycles. The van der Waals surface area contributed by atoms with Crippen LogP contribution < -0.4 is 10.1 Å². The van der Waals surface area contributed by atoms with Crippen LogP contribution in [-0.4, -0.2) is 35.4 Å². The van der Waals surface area contributed by atoms with Crippen LogP contribution in [0.3, 0.4) is 0 Å². The highest BCUT2D eigenvalue weighted by Crippen LogP contribution is 2.27. The molecule has 0 amide bonds. The fraction of sp³-hybridized carbons (Fsp3) is 0.467. The number of ether oxygens (including phenoxy) is 1. The molecule has 6 heteroatoms. The minimum atomic E-state index is -1.04. The highest BCUT2D eigenvalue weighted by atomic mass is 16.5. The van der Waals surface area contributed by atoms with Crippen LogP contribution in [0, 0.1) is 0 Å². The zero-order valence-corrected chi connectivity index (χ0v) is 12.0. The van der Waals surface area contributed by atoms with Crippen LogP contribution in [-0.2, 0) is 12.0 Å². The van der Waals surface area contributed by atoms with Crippen molar-refractivity contribution in [2.75, 3.05) is 20.2 Å². The zero-order valence-electron chi connectivity index (χ0n) is 12.0. The molecule has 1 fully saturated rings. The molecule has 1 atom stereocenters. The van der Waals surface area contributed by atoms with E-state index in [-0.39, 0.29) is 0 Å². The number of methoxy groups -OCH3 is 1. The average Bonchev–Trinajstić information content (AvgIpc) is 2.97. The molecule has 2 N–H and O–H groups in total. The number of aromatic nitrogens is 2. The van der Waals surface area contributed by atoms with Gasteiger partial charge >= 0.3 is 0 Å². The first-order chi connectivity index (χ1) is 10.2. The number of piperidine rings is 1. The van der Waals surface area contributed by atoms with Gasteiger partial charge in [-0.1, -0.05) is 17.3 Å². The maximum absolute atomic E-state index is 10.5. The van der Waals surface area contributed by atoms with Crippen molar-refractivity contribution in [2.24, 2.45) is 0 Å². The van der Waals surface area contributed by atoms with Gasteiger partial charge in [0.1, 0.15) is 5.75 Å². The largest absolute Gasteiger partial charge is 0.497 e. The molecule has 112 valence electrons. The molecule has 0 saturated carbocycles. The Morgan fingerprint density at radius 2 is 2.38 bits per heavy atom. The van der Waals surface area contributed by atoms with E-state index >= 15 is 0 Å². The fourth-order valence-corrected chi connectivity index (χ4v) is 2.55. The Hall–Kier alpha value is -1.92. The van der Waals surface area contributed by atoms with Crippen molar-refractivity contribution in [3.05, 3.63) is 41.5 Å². The molecular weight excluding hydrogens is 270 g/mol. The van der Waals surface area contributed by atoms with E-state index in [1.165, 1.54) is 0 Å². The van der Waals surface area contributed by atoms with Gasteiger partial charge in [0, 0.05) is 13.0 Å². The van der Waals surface area contributed by atoms with Gasteiger partial charge in [-0.25, -0.2) is 0 Å². The maximum Gasteiger partial charge on any atom is 0.259 e. The fourth-order valence-electron chi connectivity index (χ4n) is 2.55. The quantitative estimate of drug-likeness (QED) is 0.881. The SMILES string of the molecule is COc1cccc(Cc2noc(C3(O)CCCNC3)n2)c1. The molecule has 2 aromatic rings. The van der Waals surface area contributed by atoms with E-state index in [1.807, 2.05) is 24.3 Å². The van der Waals surface area contributed by atoms with E-state index < -0.39 is 5.60 Å². The first-order valence-corrected chi connectivity index (χ1v) is 7.09. The molecule has 3 rings (SSSR count). The van der Waals surface area contributed by atoms with E-state index in [4.69, 9.17) is 9.26 Å². The molecule has 6 nitrogen and oxygen atoms in total. The zero-order chi connectivity index (χ0) is 14.7. The Balaban J connectivity index is 1.75. The second-order valence-corrected chi connectivity index (χ2v) is 5.36. The van der Waals surface area contributed by atoms with Crippen molar-refractivity contribution in [1.29, 1.82) is 0 Å². The maximum atomic E-state index is 10.5. The standard InChI is InChI=1S/C15H19N3O3/c1-20-12-5-2-4-11(8-12)9-13-17-14(21-18-13)15(19)6-3-7-16-10-15/h2,4-5,8,16,19H,3,6-7,9-10H2,1H3. The third kappa shape index (κ3) is 3.06. The van der Waals surface area contributed by atoms with Gasteiger partial charge in [0.2, 0.25) is 0 Å². The predicted molar refractivity (Wildman–Crippen MR) is 76.1 cm³/mol. The number of β-amino-alcohol motifs (C(OH)–C–C–N with tert-alkyl or cyclic N) is 1. The monoisotopic (exact) mass is 289 g/mol. The van der Waals surface area contributed by atoms with Crippen molar-refractivity contribution in [3.8, 4) is 5.75 Å². The summed E-state index contributed by atoms with van der Waals surface area (Å²) in [6, 6.07) is 7.73. The topological polar surface area (TPSA) is 80.4 Å². The van der Waals surface area contributed by atoms with Crippen molar-refractivity contribution in [3.63, 3.8) is 0 Å². The predicted octanol–water partition coefficient (Wildman–Crippen LogP) is 1.24. The number of rotatable bonds is 4. The van der Waals surface area contributed by atoms with Crippen molar-refractivity contribution in [2.45, 2.75) is 24.9 Å². The molecule has 2 heterocycles. The second-order valence-electron chi connectivity index (χ2n) is 5.36. The summed E-state index contributed by atoms with van der Waals surface area (Å²) in [5.41, 5.74) is -0.00631. The van der Waals surface area contributed by atoms with E-state index in [0.717, 1.165) is 24.3 Å². The van der Waals surface area contributed by atoms with E-state index in [0.29, 0.717) is 31.1 Å². The van der Waals surface area contributed by atoms with Crippen LogP contribution in [0.4, 0.5) is 0 Å². The second kappa shape index (κ2) is 5.83. The summed E-state index contributed by atoms with van der Waals surface area (Å²) in [5, 5.41) is 17.7. The van der Waals surface area contributed by atoms with Gasteiger partial charge in [0.05, 0.1) is 7.11 Å². The number of hydrogen-bond donors (Lipinski definition) is 2. The number of aliphatic hydroxyl groups is 1. The molecule has 1 aromatic carbocycles. The Kier molecular flexibility index (Phi) is 3.90. The van der Waals surface area contributed by atoms with Crippen molar-refractivity contribution in [1.82, 2.24) is 15.5 Å². The van der Waals surface area contributed by atoms with E-state index in [2.05, 4.69) is 15.5 Å². The van der Waals surface area contributed by atoms with Crippen LogP contribution in [0.25, 0.3) is 0 Å². The Morgan fingerprint density at radius 1 is 1.48 bits per heavy atom. The van der Waals surface area contributed by atoms with Crippen molar-refractivity contribution >= 4 is 0 Å². The highest BCUT2D eigenvalue weighted by Gasteiger charge is 2.36. The molecule has 1 aromatic heterocycles. The summed E-state index contributed by atoms with van der Waals surface area (Å²) in [6.07, 6.45) is 2.08. The van der Waals surface area contributed by atoms with Gasteiger partial charge in [-0.2, -0.15) is 4.98 Å². The lowest BCUT2D eigenvalue weighted by Gasteiger charge is -2.28. The normalized spacial score (nSPS) is 22.2. The summed E-state index contributed by atoms with van der Waals surface area (Å²) in [7, 11) is 1.64. The number of nitrogens with one attached hydrogen (secondary N) is 1. The molecule has 21 heavy (non-hydrogen) atoms. The molecule has 1 aliphatic heterocycles. The lowest BCUT2D eigenvalue weighted by molar-refractivity contribution is -0.0167. The minimum Gasteiger partial charge on any atom is -0.497 e. The number of nitrogens with zero attached hydrogens (tertiary/aromatic N) is 2. The van der Waals surface area contributed by atoms with Crippen LogP contribution in [0.15, 0.2) is 28.8 Å². The number of hydrogen-bond acceptors (Lipinski definition) is 6. The molecule has 0 radical (unpaired) electrons. The van der Waals surface area contributed by atoms with Crippen molar-refractivity contribution < 1.29 is 14.4 Å².